The highest BCUT2D eigenvalue weighted by atomic mass is 28.3. The van der Waals surface area contributed by atoms with Gasteiger partial charge in [0.1, 0.15) is 14.6 Å². The molecule has 0 aromatic heterocycles. The first-order chi connectivity index (χ1) is 10.8. The number of rotatable bonds is 4. The van der Waals surface area contributed by atoms with Gasteiger partial charge in [0.15, 0.2) is 0 Å². The first-order valence-corrected chi connectivity index (χ1v) is 9.07. The maximum absolute atomic E-state index is 14.2. The van der Waals surface area contributed by atoms with Crippen molar-refractivity contribution in [3.05, 3.63) is 96.3 Å². The van der Waals surface area contributed by atoms with Gasteiger partial charge in [0.05, 0.1) is 0 Å². The van der Waals surface area contributed by atoms with E-state index >= 15 is 0 Å². The molecule has 22 heavy (non-hydrogen) atoms. The lowest BCUT2D eigenvalue weighted by Gasteiger charge is -2.24. The minimum absolute atomic E-state index is 0.107. The fraction of sp³-hybridized carbons (Fsp3) is 0.100. The predicted molar refractivity (Wildman–Crippen MR) is 92.7 cm³/mol. The standard InChI is InChI=1S/C20H18FSi/c1-16(19-14-8-9-15-20(19)21)22(17-10-4-2-5-11-17)18-12-6-3-7-13-18/h2-16H,1H3. The van der Waals surface area contributed by atoms with Gasteiger partial charge in [0.25, 0.3) is 0 Å². The van der Waals surface area contributed by atoms with Crippen LogP contribution in [-0.4, -0.2) is 8.80 Å². The van der Waals surface area contributed by atoms with Crippen LogP contribution in [0.5, 0.6) is 0 Å². The summed E-state index contributed by atoms with van der Waals surface area (Å²) in [5.74, 6) is -0.107. The summed E-state index contributed by atoms with van der Waals surface area (Å²) in [5, 5.41) is 2.63. The summed E-state index contributed by atoms with van der Waals surface area (Å²) in [6.45, 7) is 2.15. The summed E-state index contributed by atoms with van der Waals surface area (Å²) in [6, 6.07) is 28.1. The van der Waals surface area contributed by atoms with Gasteiger partial charge in [-0.15, -0.1) is 0 Å². The molecular weight excluding hydrogens is 287 g/mol. The molecule has 3 aromatic rings. The van der Waals surface area contributed by atoms with Crippen LogP contribution in [-0.2, 0) is 0 Å². The summed E-state index contributed by atoms with van der Waals surface area (Å²) in [4.78, 5) is 0. The molecule has 1 atom stereocenters. The Morgan fingerprint density at radius 3 is 1.64 bits per heavy atom. The summed E-state index contributed by atoms with van der Waals surface area (Å²) in [7, 11) is -1.09. The van der Waals surface area contributed by atoms with Crippen molar-refractivity contribution in [2.24, 2.45) is 0 Å². The van der Waals surface area contributed by atoms with Gasteiger partial charge < -0.3 is 0 Å². The quantitative estimate of drug-likeness (QED) is 0.644. The largest absolute Gasteiger partial charge is 0.207 e. The number of halogens is 1. The van der Waals surface area contributed by atoms with Crippen molar-refractivity contribution in [3.63, 3.8) is 0 Å². The molecule has 0 nitrogen and oxygen atoms in total. The van der Waals surface area contributed by atoms with Crippen molar-refractivity contribution >= 4 is 19.2 Å². The Kier molecular flexibility index (Phi) is 4.49. The first kappa shape index (κ1) is 14.7. The topological polar surface area (TPSA) is 0 Å². The van der Waals surface area contributed by atoms with Crippen LogP contribution < -0.4 is 10.4 Å². The number of benzene rings is 3. The lowest BCUT2D eigenvalue weighted by atomic mass is 10.1. The molecule has 2 heteroatoms. The lowest BCUT2D eigenvalue weighted by molar-refractivity contribution is 0.609. The zero-order valence-corrected chi connectivity index (χ0v) is 13.5. The second kappa shape index (κ2) is 6.71. The molecule has 109 valence electrons. The Bertz CT molecular complexity index is 685. The van der Waals surface area contributed by atoms with Crippen LogP contribution in [0.3, 0.4) is 0 Å². The summed E-state index contributed by atoms with van der Waals surface area (Å²) < 4.78 is 14.2. The lowest BCUT2D eigenvalue weighted by Crippen LogP contribution is -2.46. The predicted octanol–water partition coefficient (Wildman–Crippen LogP) is 3.78. The van der Waals surface area contributed by atoms with Crippen molar-refractivity contribution in [2.75, 3.05) is 0 Å². The molecule has 0 amide bonds. The van der Waals surface area contributed by atoms with E-state index in [4.69, 9.17) is 0 Å². The molecule has 0 bridgehead atoms. The van der Waals surface area contributed by atoms with E-state index in [1.807, 2.05) is 24.3 Å². The smallest absolute Gasteiger partial charge is 0.128 e. The number of hydrogen-bond donors (Lipinski definition) is 0. The van der Waals surface area contributed by atoms with Crippen molar-refractivity contribution in [1.29, 1.82) is 0 Å². The van der Waals surface area contributed by atoms with Crippen LogP contribution in [0.1, 0.15) is 18.0 Å². The molecule has 0 aliphatic rings. The van der Waals surface area contributed by atoms with Crippen LogP contribution in [0.2, 0.25) is 0 Å². The van der Waals surface area contributed by atoms with Crippen molar-refractivity contribution < 1.29 is 4.39 Å². The Morgan fingerprint density at radius 2 is 1.14 bits per heavy atom. The Hall–Kier alpha value is -2.19. The normalized spacial score (nSPS) is 12.3. The van der Waals surface area contributed by atoms with Crippen molar-refractivity contribution in [2.45, 2.75) is 12.5 Å². The third-order valence-corrected chi connectivity index (χ3v) is 7.06. The molecular formula is C20H18FSi. The SMILES string of the molecule is CC(c1ccccc1F)[Si](c1ccccc1)c1ccccc1. The van der Waals surface area contributed by atoms with E-state index in [0.717, 1.165) is 5.56 Å². The molecule has 0 aliphatic carbocycles. The third kappa shape index (κ3) is 3.02. The molecule has 1 radical (unpaired) electrons. The minimum Gasteiger partial charge on any atom is -0.207 e. The van der Waals surface area contributed by atoms with Crippen LogP contribution in [0.25, 0.3) is 0 Å². The van der Waals surface area contributed by atoms with E-state index in [0.29, 0.717) is 0 Å². The molecule has 0 heterocycles. The molecule has 3 aromatic carbocycles. The molecule has 3 rings (SSSR count). The molecule has 0 N–H and O–H groups in total. The van der Waals surface area contributed by atoms with E-state index in [1.165, 1.54) is 10.4 Å². The Balaban J connectivity index is 2.08. The van der Waals surface area contributed by atoms with Gasteiger partial charge in [-0.25, -0.2) is 4.39 Å². The third-order valence-electron chi connectivity index (χ3n) is 3.97. The second-order valence-electron chi connectivity index (χ2n) is 5.39. The summed E-state index contributed by atoms with van der Waals surface area (Å²) in [6.07, 6.45) is 0. The summed E-state index contributed by atoms with van der Waals surface area (Å²) in [5.41, 5.74) is 0.972. The fourth-order valence-electron chi connectivity index (χ4n) is 2.88. The van der Waals surface area contributed by atoms with E-state index in [2.05, 4.69) is 55.5 Å². The van der Waals surface area contributed by atoms with E-state index < -0.39 is 8.80 Å². The van der Waals surface area contributed by atoms with E-state index in [1.54, 1.807) is 12.1 Å². The molecule has 1 unspecified atom stereocenters. The fourth-order valence-corrected chi connectivity index (χ4v) is 5.87. The first-order valence-electron chi connectivity index (χ1n) is 7.49. The Labute approximate surface area is 132 Å². The van der Waals surface area contributed by atoms with E-state index in [-0.39, 0.29) is 11.4 Å². The zero-order chi connectivity index (χ0) is 15.4. The maximum Gasteiger partial charge on any atom is 0.128 e. The highest BCUT2D eigenvalue weighted by Crippen LogP contribution is 2.21. The summed E-state index contributed by atoms with van der Waals surface area (Å²) >= 11 is 0. The van der Waals surface area contributed by atoms with Gasteiger partial charge in [0, 0.05) is 0 Å². The average Bonchev–Trinajstić information content (AvgIpc) is 2.57. The maximum atomic E-state index is 14.2. The van der Waals surface area contributed by atoms with Crippen LogP contribution in [0.15, 0.2) is 84.9 Å². The van der Waals surface area contributed by atoms with Crippen molar-refractivity contribution in [3.8, 4) is 0 Å². The minimum atomic E-state index is -1.09. The van der Waals surface area contributed by atoms with Gasteiger partial charge in [-0.1, -0.05) is 96.2 Å². The van der Waals surface area contributed by atoms with E-state index in [9.17, 15) is 4.39 Å². The molecule has 0 fully saturated rings. The molecule has 0 aliphatic heterocycles. The van der Waals surface area contributed by atoms with Crippen LogP contribution in [0, 0.1) is 5.82 Å². The van der Waals surface area contributed by atoms with Gasteiger partial charge >= 0.3 is 0 Å². The second-order valence-corrected chi connectivity index (χ2v) is 8.24. The molecule has 0 saturated carbocycles. The van der Waals surface area contributed by atoms with Gasteiger partial charge in [-0.2, -0.15) is 0 Å². The zero-order valence-electron chi connectivity index (χ0n) is 12.5. The molecule has 0 spiro atoms. The highest BCUT2D eigenvalue weighted by Gasteiger charge is 2.26. The highest BCUT2D eigenvalue weighted by molar-refractivity contribution is 6.86. The van der Waals surface area contributed by atoms with Gasteiger partial charge in [-0.3, -0.25) is 0 Å². The van der Waals surface area contributed by atoms with Gasteiger partial charge in [-0.05, 0) is 17.2 Å². The monoisotopic (exact) mass is 305 g/mol. The molecule has 0 saturated heterocycles. The average molecular weight is 305 g/mol. The number of hydrogen-bond acceptors (Lipinski definition) is 0. The van der Waals surface area contributed by atoms with Crippen LogP contribution >= 0.6 is 0 Å². The van der Waals surface area contributed by atoms with Crippen LogP contribution in [0.4, 0.5) is 4.39 Å². The Morgan fingerprint density at radius 1 is 0.682 bits per heavy atom. The van der Waals surface area contributed by atoms with Crippen molar-refractivity contribution in [1.82, 2.24) is 0 Å². The van der Waals surface area contributed by atoms with Gasteiger partial charge in [0.2, 0.25) is 0 Å².